The molecule has 4 nitrogen and oxygen atoms in total. The van der Waals surface area contributed by atoms with Gasteiger partial charge in [-0.1, -0.05) is 6.42 Å². The molecule has 21 heavy (non-hydrogen) atoms. The Hall–Kier alpha value is -0.980. The molecule has 0 aromatic heterocycles. The Kier molecular flexibility index (Phi) is 3.80. The lowest BCUT2D eigenvalue weighted by Gasteiger charge is -2.23. The van der Waals surface area contributed by atoms with Gasteiger partial charge in [0.2, 0.25) is 10.0 Å². The molecule has 2 bridgehead atoms. The molecule has 1 aromatic carbocycles. The molecular weight excluding hydrogens is 293 g/mol. The van der Waals surface area contributed by atoms with Gasteiger partial charge in [-0.15, -0.1) is 0 Å². The van der Waals surface area contributed by atoms with Gasteiger partial charge in [0.25, 0.3) is 0 Å². The fourth-order valence-corrected chi connectivity index (χ4v) is 5.19. The van der Waals surface area contributed by atoms with Crippen molar-refractivity contribution in [3.8, 4) is 0 Å². The lowest BCUT2D eigenvalue weighted by molar-refractivity contribution is 0.275. The molecule has 0 amide bonds. The predicted octanol–water partition coefficient (Wildman–Crippen LogP) is 2.09. The second kappa shape index (κ2) is 5.34. The van der Waals surface area contributed by atoms with E-state index < -0.39 is 22.4 Å². The SMILES string of the molecule is Cc1cc(S(=O)(=O)NC2CC3CCC2C3)cc(CO)c1F. The Morgan fingerprint density at radius 3 is 2.67 bits per heavy atom. The fourth-order valence-electron chi connectivity index (χ4n) is 3.73. The Balaban J connectivity index is 1.86. The van der Waals surface area contributed by atoms with Gasteiger partial charge >= 0.3 is 0 Å². The lowest BCUT2D eigenvalue weighted by atomic mass is 9.96. The lowest BCUT2D eigenvalue weighted by Crippen LogP contribution is -2.38. The summed E-state index contributed by atoms with van der Waals surface area (Å²) in [4.78, 5) is 0.0354. The van der Waals surface area contributed by atoms with E-state index >= 15 is 0 Å². The number of nitrogens with one attached hydrogen (secondary N) is 1. The highest BCUT2D eigenvalue weighted by molar-refractivity contribution is 7.89. The van der Waals surface area contributed by atoms with E-state index in [9.17, 15) is 12.8 Å². The van der Waals surface area contributed by atoms with Gasteiger partial charge in [0.15, 0.2) is 0 Å². The second-order valence-electron chi connectivity index (χ2n) is 6.27. The quantitative estimate of drug-likeness (QED) is 0.894. The van der Waals surface area contributed by atoms with Crippen LogP contribution in [0, 0.1) is 24.6 Å². The highest BCUT2D eigenvalue weighted by Crippen LogP contribution is 2.44. The average molecular weight is 313 g/mol. The van der Waals surface area contributed by atoms with Crippen LogP contribution < -0.4 is 4.72 Å². The van der Waals surface area contributed by atoms with Crippen LogP contribution in [0.25, 0.3) is 0 Å². The summed E-state index contributed by atoms with van der Waals surface area (Å²) in [5.41, 5.74) is 0.248. The maximum absolute atomic E-state index is 13.7. The van der Waals surface area contributed by atoms with Crippen molar-refractivity contribution in [3.05, 3.63) is 29.1 Å². The first-order valence-corrected chi connectivity index (χ1v) is 8.81. The topological polar surface area (TPSA) is 66.4 Å². The average Bonchev–Trinajstić information content (AvgIpc) is 3.03. The normalized spacial score (nSPS) is 28.2. The zero-order valence-corrected chi connectivity index (χ0v) is 12.8. The first-order valence-electron chi connectivity index (χ1n) is 7.33. The molecular formula is C15H20FNO3S. The van der Waals surface area contributed by atoms with Gasteiger partial charge in [-0.05, 0) is 55.7 Å². The predicted molar refractivity (Wildman–Crippen MR) is 76.6 cm³/mol. The van der Waals surface area contributed by atoms with Crippen LogP contribution in [-0.4, -0.2) is 19.6 Å². The number of aryl methyl sites for hydroxylation is 1. The smallest absolute Gasteiger partial charge is 0.240 e. The summed E-state index contributed by atoms with van der Waals surface area (Å²) in [6, 6.07) is 2.54. The van der Waals surface area contributed by atoms with Crippen LogP contribution in [0.2, 0.25) is 0 Å². The molecule has 0 radical (unpaired) electrons. The van der Waals surface area contributed by atoms with Crippen LogP contribution in [0.4, 0.5) is 4.39 Å². The molecule has 3 unspecified atom stereocenters. The van der Waals surface area contributed by atoms with Crippen LogP contribution in [0.1, 0.15) is 36.8 Å². The Labute approximate surface area is 124 Å². The van der Waals surface area contributed by atoms with Gasteiger partial charge in [-0.2, -0.15) is 0 Å². The Morgan fingerprint density at radius 2 is 2.10 bits per heavy atom. The minimum Gasteiger partial charge on any atom is -0.392 e. The maximum Gasteiger partial charge on any atom is 0.240 e. The van der Waals surface area contributed by atoms with Crippen LogP contribution in [0.3, 0.4) is 0 Å². The van der Waals surface area contributed by atoms with E-state index in [0.29, 0.717) is 11.8 Å². The first kappa shape index (κ1) is 14.9. The van der Waals surface area contributed by atoms with Crippen molar-refractivity contribution >= 4 is 10.0 Å². The number of rotatable bonds is 4. The number of benzene rings is 1. The first-order chi connectivity index (χ1) is 9.90. The van der Waals surface area contributed by atoms with Gasteiger partial charge in [0.1, 0.15) is 5.82 Å². The second-order valence-corrected chi connectivity index (χ2v) is 7.99. The summed E-state index contributed by atoms with van der Waals surface area (Å²) in [7, 11) is -3.67. The van der Waals surface area contributed by atoms with E-state index in [1.54, 1.807) is 0 Å². The van der Waals surface area contributed by atoms with Crippen LogP contribution >= 0.6 is 0 Å². The van der Waals surface area contributed by atoms with Crippen molar-refractivity contribution in [1.29, 1.82) is 0 Å². The third kappa shape index (κ3) is 2.72. The molecule has 0 heterocycles. The molecule has 116 valence electrons. The standard InChI is InChI=1S/C15H20FNO3S/c1-9-4-13(7-12(8-18)15(9)16)21(19,20)17-14-6-10-2-3-11(14)5-10/h4,7,10-11,14,17-18H,2-3,5-6,8H2,1H3. The molecule has 2 N–H and O–H groups in total. The van der Waals surface area contributed by atoms with Crippen molar-refractivity contribution in [2.75, 3.05) is 0 Å². The van der Waals surface area contributed by atoms with E-state index in [0.717, 1.165) is 19.3 Å². The number of fused-ring (bicyclic) bond motifs is 2. The zero-order valence-electron chi connectivity index (χ0n) is 12.0. The van der Waals surface area contributed by atoms with E-state index in [1.807, 2.05) is 0 Å². The fraction of sp³-hybridized carbons (Fsp3) is 0.600. The maximum atomic E-state index is 13.7. The van der Waals surface area contributed by atoms with Crippen molar-refractivity contribution in [1.82, 2.24) is 4.72 Å². The summed E-state index contributed by atoms with van der Waals surface area (Å²) in [5.74, 6) is 0.533. The molecule has 0 spiro atoms. The summed E-state index contributed by atoms with van der Waals surface area (Å²) in [5, 5.41) is 9.15. The molecule has 2 aliphatic rings. The van der Waals surface area contributed by atoms with Gasteiger partial charge in [0.05, 0.1) is 11.5 Å². The van der Waals surface area contributed by atoms with E-state index in [2.05, 4.69) is 4.72 Å². The highest BCUT2D eigenvalue weighted by Gasteiger charge is 2.41. The summed E-state index contributed by atoms with van der Waals surface area (Å²) >= 11 is 0. The third-order valence-corrected chi connectivity index (χ3v) is 6.30. The number of sulfonamides is 1. The summed E-state index contributed by atoms with van der Waals surface area (Å²) in [6.07, 6.45) is 4.30. The van der Waals surface area contributed by atoms with Crippen molar-refractivity contribution < 1.29 is 17.9 Å². The van der Waals surface area contributed by atoms with Crippen LogP contribution in [-0.2, 0) is 16.6 Å². The number of hydrogen-bond donors (Lipinski definition) is 2. The Bertz CT molecular complexity index is 659. The summed E-state index contributed by atoms with van der Waals surface area (Å²) < 4.78 is 41.5. The van der Waals surface area contributed by atoms with Gasteiger partial charge in [0, 0.05) is 11.6 Å². The number of aliphatic hydroxyl groups is 1. The molecule has 3 atom stereocenters. The van der Waals surface area contributed by atoms with Crippen molar-refractivity contribution in [2.24, 2.45) is 11.8 Å². The largest absolute Gasteiger partial charge is 0.392 e. The summed E-state index contributed by atoms with van der Waals surface area (Å²) in [6.45, 7) is 0.995. The zero-order chi connectivity index (χ0) is 15.2. The van der Waals surface area contributed by atoms with Gasteiger partial charge in [-0.25, -0.2) is 17.5 Å². The highest BCUT2D eigenvalue weighted by atomic mass is 32.2. The van der Waals surface area contributed by atoms with Crippen molar-refractivity contribution in [3.63, 3.8) is 0 Å². The van der Waals surface area contributed by atoms with E-state index in [4.69, 9.17) is 5.11 Å². The minimum atomic E-state index is -3.67. The molecule has 2 aliphatic carbocycles. The molecule has 1 aromatic rings. The Morgan fingerprint density at radius 1 is 1.33 bits per heavy atom. The molecule has 0 aliphatic heterocycles. The number of halogens is 1. The van der Waals surface area contributed by atoms with E-state index in [1.165, 1.54) is 25.5 Å². The van der Waals surface area contributed by atoms with Gasteiger partial charge in [-0.3, -0.25) is 0 Å². The van der Waals surface area contributed by atoms with E-state index in [-0.39, 0.29) is 22.1 Å². The number of hydrogen-bond acceptors (Lipinski definition) is 3. The van der Waals surface area contributed by atoms with Crippen LogP contribution in [0.15, 0.2) is 17.0 Å². The monoisotopic (exact) mass is 313 g/mol. The van der Waals surface area contributed by atoms with Crippen molar-refractivity contribution in [2.45, 2.75) is 50.2 Å². The van der Waals surface area contributed by atoms with Crippen LogP contribution in [0.5, 0.6) is 0 Å². The van der Waals surface area contributed by atoms with Gasteiger partial charge < -0.3 is 5.11 Å². The number of aliphatic hydroxyl groups excluding tert-OH is 1. The molecule has 3 rings (SSSR count). The molecule has 6 heteroatoms. The minimum absolute atomic E-state index is 0.00307. The molecule has 2 fully saturated rings. The molecule has 2 saturated carbocycles. The third-order valence-electron chi connectivity index (χ3n) is 4.83. The molecule has 0 saturated heterocycles.